The number of benzene rings is 2. The first-order valence-electron chi connectivity index (χ1n) is 10.4. The molecule has 0 unspecified atom stereocenters. The average molecular weight is 514 g/mol. The molecule has 35 heavy (non-hydrogen) atoms. The number of carboxylic acid groups (broad SMARTS) is 1. The van der Waals surface area contributed by atoms with Crippen LogP contribution in [0.25, 0.3) is 0 Å². The van der Waals surface area contributed by atoms with Crippen LogP contribution in [-0.2, 0) is 6.54 Å². The van der Waals surface area contributed by atoms with Crippen LogP contribution in [0.15, 0.2) is 69.2 Å². The van der Waals surface area contributed by atoms with Crippen LogP contribution in [0.4, 0.5) is 5.69 Å². The molecule has 0 aliphatic rings. The molecule has 10 nitrogen and oxygen atoms in total. The Morgan fingerprint density at radius 3 is 2.46 bits per heavy atom. The van der Waals surface area contributed by atoms with E-state index in [2.05, 4.69) is 14.3 Å². The second-order valence-corrected chi connectivity index (χ2v) is 9.00. The highest BCUT2D eigenvalue weighted by Gasteiger charge is 2.13. The lowest BCUT2D eigenvalue weighted by Crippen LogP contribution is -2.50. The summed E-state index contributed by atoms with van der Waals surface area (Å²) in [6, 6.07) is 14.5. The number of hydrogen-bond acceptors (Lipinski definition) is 7. The lowest BCUT2D eigenvalue weighted by molar-refractivity contribution is 0.0702. The fourth-order valence-electron chi connectivity index (χ4n) is 3.23. The van der Waals surface area contributed by atoms with E-state index in [0.717, 1.165) is 21.7 Å². The van der Waals surface area contributed by atoms with Crippen LogP contribution in [-0.4, -0.2) is 29.6 Å². The van der Waals surface area contributed by atoms with Crippen LogP contribution in [0.5, 0.6) is 11.6 Å². The topological polar surface area (TPSA) is 132 Å². The van der Waals surface area contributed by atoms with Crippen LogP contribution >= 0.6 is 23.1 Å². The van der Waals surface area contributed by atoms with E-state index in [4.69, 9.17) is 21.4 Å². The second kappa shape index (κ2) is 10.1. The molecule has 0 saturated heterocycles. The third kappa shape index (κ3) is 5.58. The molecule has 2 heterocycles. The summed E-state index contributed by atoms with van der Waals surface area (Å²) in [5.74, 6) is -0.491. The minimum atomic E-state index is -1.08. The van der Waals surface area contributed by atoms with Gasteiger partial charge in [-0.05, 0) is 67.3 Å². The molecule has 4 rings (SSSR count). The molecule has 12 heteroatoms. The number of aromatic carboxylic acids is 1. The Morgan fingerprint density at radius 1 is 1.17 bits per heavy atom. The highest BCUT2D eigenvalue weighted by atomic mass is 35.5. The van der Waals surface area contributed by atoms with Crippen molar-refractivity contribution in [3.63, 3.8) is 0 Å². The number of aromatic amines is 1. The summed E-state index contributed by atoms with van der Waals surface area (Å²) in [4.78, 5) is 44.0. The van der Waals surface area contributed by atoms with E-state index in [1.807, 2.05) is 0 Å². The number of carboxylic acids is 1. The van der Waals surface area contributed by atoms with Crippen molar-refractivity contribution in [2.45, 2.75) is 26.4 Å². The van der Waals surface area contributed by atoms with E-state index in [1.54, 1.807) is 62.4 Å². The summed E-state index contributed by atoms with van der Waals surface area (Å²) >= 11 is 6.79. The summed E-state index contributed by atoms with van der Waals surface area (Å²) in [5, 5.41) is 9.57. The third-order valence-electron chi connectivity index (χ3n) is 4.89. The predicted octanol–water partition coefficient (Wildman–Crippen LogP) is 3.80. The fraction of sp³-hybridized carbons (Fsp3) is 0.174. The molecule has 0 spiro atoms. The van der Waals surface area contributed by atoms with Gasteiger partial charge in [0.05, 0.1) is 12.2 Å². The van der Waals surface area contributed by atoms with Crippen molar-refractivity contribution in [3.05, 3.63) is 96.6 Å². The van der Waals surface area contributed by atoms with Crippen molar-refractivity contribution in [1.29, 1.82) is 0 Å². The van der Waals surface area contributed by atoms with Crippen LogP contribution in [0.1, 0.15) is 35.1 Å². The SMILES string of the molecule is CC(C)n1c(=O)[nH]/c(=N\c2ccc(Oc3cc(C(=O)O)sn3)cc2)n(Cc2ccc(Cl)cc2)c1=O. The summed E-state index contributed by atoms with van der Waals surface area (Å²) in [5.41, 5.74) is 0.308. The highest BCUT2D eigenvalue weighted by molar-refractivity contribution is 7.08. The molecule has 2 N–H and O–H groups in total. The van der Waals surface area contributed by atoms with Crippen molar-refractivity contribution in [3.8, 4) is 11.6 Å². The Balaban J connectivity index is 1.70. The normalized spacial score (nSPS) is 11.7. The minimum Gasteiger partial charge on any atom is -0.477 e. The lowest BCUT2D eigenvalue weighted by atomic mass is 10.2. The maximum atomic E-state index is 13.2. The zero-order valence-corrected chi connectivity index (χ0v) is 20.2. The highest BCUT2D eigenvalue weighted by Crippen LogP contribution is 2.25. The number of halogens is 1. The van der Waals surface area contributed by atoms with Gasteiger partial charge in [-0.3, -0.25) is 9.55 Å². The van der Waals surface area contributed by atoms with E-state index in [1.165, 1.54) is 10.6 Å². The summed E-state index contributed by atoms with van der Waals surface area (Å²) in [7, 11) is 0. The molecule has 0 bridgehead atoms. The van der Waals surface area contributed by atoms with Crippen LogP contribution in [0.2, 0.25) is 5.02 Å². The number of H-pyrrole nitrogens is 1. The van der Waals surface area contributed by atoms with Crippen molar-refractivity contribution in [1.82, 2.24) is 18.5 Å². The maximum absolute atomic E-state index is 13.2. The first-order chi connectivity index (χ1) is 16.7. The molecule has 0 saturated carbocycles. The van der Waals surface area contributed by atoms with Crippen LogP contribution in [0, 0.1) is 0 Å². The molecule has 180 valence electrons. The molecule has 0 aliphatic carbocycles. The van der Waals surface area contributed by atoms with Crippen LogP contribution in [0.3, 0.4) is 0 Å². The summed E-state index contributed by atoms with van der Waals surface area (Å²) in [6.45, 7) is 3.68. The van der Waals surface area contributed by atoms with E-state index in [0.29, 0.717) is 16.5 Å². The minimum absolute atomic E-state index is 0.0666. The number of nitrogens with zero attached hydrogens (tertiary/aromatic N) is 4. The van der Waals surface area contributed by atoms with Gasteiger partial charge < -0.3 is 9.84 Å². The zero-order chi connectivity index (χ0) is 25.1. The number of carbonyl (C=O) groups is 1. The zero-order valence-electron chi connectivity index (χ0n) is 18.6. The van der Waals surface area contributed by atoms with E-state index >= 15 is 0 Å². The van der Waals surface area contributed by atoms with Gasteiger partial charge in [0.15, 0.2) is 0 Å². The summed E-state index contributed by atoms with van der Waals surface area (Å²) in [6.07, 6.45) is 0. The van der Waals surface area contributed by atoms with Gasteiger partial charge in [0, 0.05) is 17.1 Å². The average Bonchev–Trinajstić information content (AvgIpc) is 3.27. The summed E-state index contributed by atoms with van der Waals surface area (Å²) < 4.78 is 12.0. The number of ether oxygens (including phenoxy) is 1. The third-order valence-corrected chi connectivity index (χ3v) is 5.91. The number of rotatable bonds is 7. The molecule has 4 aromatic rings. The molecule has 2 aromatic heterocycles. The molecule has 0 amide bonds. The molecule has 0 fully saturated rings. The number of aromatic nitrogens is 4. The Bertz CT molecular complexity index is 1550. The number of hydrogen-bond donors (Lipinski definition) is 2. The van der Waals surface area contributed by atoms with Crippen molar-refractivity contribution in [2.75, 3.05) is 0 Å². The smallest absolute Gasteiger partial charge is 0.347 e. The molecular weight excluding hydrogens is 494 g/mol. The van der Waals surface area contributed by atoms with Crippen molar-refractivity contribution < 1.29 is 14.6 Å². The molecular formula is C23H20ClN5O5S. The second-order valence-electron chi connectivity index (χ2n) is 7.76. The predicted molar refractivity (Wildman–Crippen MR) is 131 cm³/mol. The van der Waals surface area contributed by atoms with E-state index in [-0.39, 0.29) is 29.0 Å². The Kier molecular flexibility index (Phi) is 6.99. The van der Waals surface area contributed by atoms with Gasteiger partial charge in [-0.1, -0.05) is 23.7 Å². The van der Waals surface area contributed by atoms with Crippen molar-refractivity contribution >= 4 is 34.8 Å². The van der Waals surface area contributed by atoms with E-state index < -0.39 is 17.3 Å². The first-order valence-corrected chi connectivity index (χ1v) is 11.6. The Morgan fingerprint density at radius 2 is 1.86 bits per heavy atom. The van der Waals surface area contributed by atoms with Gasteiger partial charge in [-0.2, -0.15) is 4.37 Å². The van der Waals surface area contributed by atoms with Gasteiger partial charge in [0.25, 0.3) is 0 Å². The Labute approximate surface area is 207 Å². The monoisotopic (exact) mass is 513 g/mol. The molecule has 0 aliphatic heterocycles. The fourth-order valence-corrected chi connectivity index (χ4v) is 3.86. The molecule has 0 radical (unpaired) electrons. The number of nitrogens with one attached hydrogen (secondary N) is 1. The first kappa shape index (κ1) is 24.2. The van der Waals surface area contributed by atoms with Crippen molar-refractivity contribution in [2.24, 2.45) is 4.99 Å². The van der Waals surface area contributed by atoms with Gasteiger partial charge in [0.1, 0.15) is 10.6 Å². The maximum Gasteiger partial charge on any atom is 0.347 e. The van der Waals surface area contributed by atoms with Crippen LogP contribution < -0.4 is 21.7 Å². The lowest BCUT2D eigenvalue weighted by Gasteiger charge is -2.13. The quantitative estimate of drug-likeness (QED) is 0.386. The molecule has 0 atom stereocenters. The van der Waals surface area contributed by atoms with Gasteiger partial charge in [-0.15, -0.1) is 0 Å². The van der Waals surface area contributed by atoms with Gasteiger partial charge in [0.2, 0.25) is 11.5 Å². The Hall–Kier alpha value is -3.96. The van der Waals surface area contributed by atoms with Gasteiger partial charge in [-0.25, -0.2) is 23.9 Å². The van der Waals surface area contributed by atoms with E-state index in [9.17, 15) is 14.4 Å². The van der Waals surface area contributed by atoms with Gasteiger partial charge >= 0.3 is 17.3 Å². The molecule has 2 aromatic carbocycles. The largest absolute Gasteiger partial charge is 0.477 e. The standard InChI is InChI=1S/C23H20ClN5O5S/c1-13(2)29-22(32)26-21(28(23(29)33)12-14-3-5-15(24)6-4-14)25-16-7-9-17(10-8-16)34-19-11-18(20(30)31)35-27-19/h3-11,13H,12H2,1-2H3,(H,30,31)(H,25,26,32).